The third-order valence-corrected chi connectivity index (χ3v) is 4.10. The Hall–Kier alpha value is -1.31. The van der Waals surface area contributed by atoms with Crippen LogP contribution >= 0.6 is 23.2 Å². The summed E-state index contributed by atoms with van der Waals surface area (Å²) in [6, 6.07) is 15.2. The minimum atomic E-state index is -0.0642. The van der Waals surface area contributed by atoms with E-state index in [4.69, 9.17) is 23.2 Å². The van der Waals surface area contributed by atoms with Crippen LogP contribution in [0.15, 0.2) is 48.5 Å². The Morgan fingerprint density at radius 1 is 1.05 bits per heavy atom. The van der Waals surface area contributed by atoms with E-state index < -0.39 is 0 Å². The first-order valence-electron chi connectivity index (χ1n) is 6.63. The second-order valence-electron chi connectivity index (χ2n) is 4.76. The van der Waals surface area contributed by atoms with Gasteiger partial charge in [-0.3, -0.25) is 4.79 Å². The molecule has 0 N–H and O–H groups in total. The highest BCUT2D eigenvalue weighted by Crippen LogP contribution is 2.25. The monoisotopic (exact) mass is 306 g/mol. The van der Waals surface area contributed by atoms with Gasteiger partial charge in [-0.25, -0.2) is 0 Å². The smallest absolute Gasteiger partial charge is 0.144 e. The highest BCUT2D eigenvalue weighted by molar-refractivity contribution is 6.42. The molecule has 0 fully saturated rings. The van der Waals surface area contributed by atoms with E-state index in [9.17, 15) is 4.79 Å². The van der Waals surface area contributed by atoms with Gasteiger partial charge < -0.3 is 0 Å². The van der Waals surface area contributed by atoms with E-state index in [2.05, 4.69) is 0 Å². The van der Waals surface area contributed by atoms with Crippen molar-refractivity contribution >= 4 is 29.0 Å². The molecule has 1 unspecified atom stereocenters. The molecule has 0 aliphatic carbocycles. The maximum Gasteiger partial charge on any atom is 0.144 e. The summed E-state index contributed by atoms with van der Waals surface area (Å²) in [6.07, 6.45) is 1.18. The predicted molar refractivity (Wildman–Crippen MR) is 84.6 cm³/mol. The molecule has 0 radical (unpaired) electrons. The number of hydrogen-bond donors (Lipinski definition) is 0. The van der Waals surface area contributed by atoms with Gasteiger partial charge in [0.05, 0.1) is 10.0 Å². The van der Waals surface area contributed by atoms with E-state index in [1.54, 1.807) is 12.1 Å². The number of ketones is 1. The SMILES string of the molecule is CCC(C(=O)Cc1ccc(Cl)c(Cl)c1)c1ccccc1. The van der Waals surface area contributed by atoms with Gasteiger partial charge in [-0.05, 0) is 29.7 Å². The Bertz CT molecular complexity index is 593. The van der Waals surface area contributed by atoms with Gasteiger partial charge >= 0.3 is 0 Å². The van der Waals surface area contributed by atoms with Crippen LogP contribution in [0.25, 0.3) is 0 Å². The summed E-state index contributed by atoms with van der Waals surface area (Å²) in [5, 5.41) is 1.00. The maximum absolute atomic E-state index is 12.5. The molecule has 3 heteroatoms. The van der Waals surface area contributed by atoms with Crippen LogP contribution in [0.5, 0.6) is 0 Å². The van der Waals surface area contributed by atoms with Crippen LogP contribution in [0.1, 0.15) is 30.4 Å². The van der Waals surface area contributed by atoms with Crippen molar-refractivity contribution < 1.29 is 4.79 Å². The van der Waals surface area contributed by atoms with E-state index in [0.29, 0.717) is 16.5 Å². The highest BCUT2D eigenvalue weighted by atomic mass is 35.5. The number of carbonyl (C=O) groups is 1. The lowest BCUT2D eigenvalue weighted by atomic mass is 9.89. The third kappa shape index (κ3) is 3.62. The minimum absolute atomic E-state index is 0.0642. The molecule has 20 heavy (non-hydrogen) atoms. The largest absolute Gasteiger partial charge is 0.299 e. The standard InChI is InChI=1S/C17H16Cl2O/c1-2-14(13-6-4-3-5-7-13)17(20)11-12-8-9-15(18)16(19)10-12/h3-10,14H,2,11H2,1H3. The zero-order valence-electron chi connectivity index (χ0n) is 11.3. The van der Waals surface area contributed by atoms with Crippen LogP contribution in [0.2, 0.25) is 10.0 Å². The van der Waals surface area contributed by atoms with Crippen molar-refractivity contribution in [1.82, 2.24) is 0 Å². The molecular formula is C17H16Cl2O. The average Bonchev–Trinajstić information content (AvgIpc) is 2.45. The molecule has 2 rings (SSSR count). The normalized spacial score (nSPS) is 12.2. The average molecular weight is 307 g/mol. The summed E-state index contributed by atoms with van der Waals surface area (Å²) >= 11 is 11.9. The first-order valence-corrected chi connectivity index (χ1v) is 7.39. The first kappa shape index (κ1) is 15.1. The summed E-state index contributed by atoms with van der Waals surface area (Å²) in [5.41, 5.74) is 1.97. The van der Waals surface area contributed by atoms with Gasteiger partial charge in [-0.1, -0.05) is 66.5 Å². The molecule has 0 spiro atoms. The molecule has 0 bridgehead atoms. The second kappa shape index (κ2) is 6.92. The fourth-order valence-corrected chi connectivity index (χ4v) is 2.63. The maximum atomic E-state index is 12.5. The molecule has 0 aromatic heterocycles. The number of carbonyl (C=O) groups excluding carboxylic acids is 1. The predicted octanol–water partition coefficient (Wildman–Crippen LogP) is 5.30. The molecule has 2 aromatic rings. The number of halogens is 2. The lowest BCUT2D eigenvalue weighted by Gasteiger charge is -2.14. The topological polar surface area (TPSA) is 17.1 Å². The summed E-state index contributed by atoms with van der Waals surface area (Å²) in [5.74, 6) is 0.141. The zero-order chi connectivity index (χ0) is 14.5. The molecule has 0 heterocycles. The Kier molecular flexibility index (Phi) is 5.22. The highest BCUT2D eigenvalue weighted by Gasteiger charge is 2.18. The summed E-state index contributed by atoms with van der Waals surface area (Å²) < 4.78 is 0. The number of Topliss-reactive ketones (excluding diaryl/α,β-unsaturated/α-hetero) is 1. The molecule has 104 valence electrons. The Morgan fingerprint density at radius 3 is 2.35 bits per heavy atom. The molecule has 0 aliphatic rings. The molecule has 0 saturated heterocycles. The fourth-order valence-electron chi connectivity index (χ4n) is 2.31. The minimum Gasteiger partial charge on any atom is -0.299 e. The van der Waals surface area contributed by atoms with E-state index in [0.717, 1.165) is 17.5 Å². The van der Waals surface area contributed by atoms with Crippen LogP contribution in [-0.2, 0) is 11.2 Å². The second-order valence-corrected chi connectivity index (χ2v) is 5.58. The van der Waals surface area contributed by atoms with E-state index in [-0.39, 0.29) is 11.7 Å². The molecule has 0 saturated carbocycles. The third-order valence-electron chi connectivity index (χ3n) is 3.36. The zero-order valence-corrected chi connectivity index (χ0v) is 12.8. The van der Waals surface area contributed by atoms with Crippen LogP contribution in [-0.4, -0.2) is 5.78 Å². The van der Waals surface area contributed by atoms with E-state index in [1.165, 1.54) is 0 Å². The lowest BCUT2D eigenvalue weighted by molar-refractivity contribution is -0.119. The Morgan fingerprint density at radius 2 is 1.75 bits per heavy atom. The van der Waals surface area contributed by atoms with Gasteiger partial charge in [0.25, 0.3) is 0 Å². The molecule has 2 aromatic carbocycles. The van der Waals surface area contributed by atoms with Gasteiger partial charge in [0.15, 0.2) is 0 Å². The quantitative estimate of drug-likeness (QED) is 0.732. The van der Waals surface area contributed by atoms with Crippen molar-refractivity contribution in [3.63, 3.8) is 0 Å². The molecule has 0 aliphatic heterocycles. The Balaban J connectivity index is 2.15. The van der Waals surface area contributed by atoms with E-state index in [1.807, 2.05) is 43.3 Å². The number of benzene rings is 2. The van der Waals surface area contributed by atoms with Crippen molar-refractivity contribution in [3.05, 3.63) is 69.7 Å². The van der Waals surface area contributed by atoms with Gasteiger partial charge in [-0.2, -0.15) is 0 Å². The summed E-state index contributed by atoms with van der Waals surface area (Å²) in [4.78, 5) is 12.5. The number of hydrogen-bond acceptors (Lipinski definition) is 1. The Labute approximate surface area is 129 Å². The van der Waals surface area contributed by atoms with Crippen molar-refractivity contribution in [2.45, 2.75) is 25.7 Å². The molecule has 1 nitrogen and oxygen atoms in total. The van der Waals surface area contributed by atoms with Crippen LogP contribution in [0.4, 0.5) is 0 Å². The van der Waals surface area contributed by atoms with E-state index >= 15 is 0 Å². The molecule has 1 atom stereocenters. The van der Waals surface area contributed by atoms with Gasteiger partial charge in [0.1, 0.15) is 5.78 Å². The summed E-state index contributed by atoms with van der Waals surface area (Å²) in [6.45, 7) is 2.03. The molecular weight excluding hydrogens is 291 g/mol. The van der Waals surface area contributed by atoms with Gasteiger partial charge in [0, 0.05) is 12.3 Å². The fraction of sp³-hybridized carbons (Fsp3) is 0.235. The first-order chi connectivity index (χ1) is 9.61. The van der Waals surface area contributed by atoms with Crippen LogP contribution < -0.4 is 0 Å². The van der Waals surface area contributed by atoms with Gasteiger partial charge in [0.2, 0.25) is 0 Å². The van der Waals surface area contributed by atoms with Crippen LogP contribution in [0, 0.1) is 0 Å². The van der Waals surface area contributed by atoms with Gasteiger partial charge in [-0.15, -0.1) is 0 Å². The molecule has 0 amide bonds. The lowest BCUT2D eigenvalue weighted by Crippen LogP contribution is -2.14. The summed E-state index contributed by atoms with van der Waals surface area (Å²) in [7, 11) is 0. The van der Waals surface area contributed by atoms with Crippen molar-refractivity contribution in [3.8, 4) is 0 Å². The van der Waals surface area contributed by atoms with Crippen LogP contribution in [0.3, 0.4) is 0 Å². The van der Waals surface area contributed by atoms with Crippen molar-refractivity contribution in [1.29, 1.82) is 0 Å². The van der Waals surface area contributed by atoms with Crippen molar-refractivity contribution in [2.24, 2.45) is 0 Å². The number of rotatable bonds is 5. The van der Waals surface area contributed by atoms with Crippen molar-refractivity contribution in [2.75, 3.05) is 0 Å².